The second-order valence-electron chi connectivity index (χ2n) is 20.7. The number of rotatable bonds is 6. The number of carbonyl (C=O) groups excluding carboxylic acids is 2. The van der Waals surface area contributed by atoms with Crippen molar-refractivity contribution in [3.05, 3.63) is 85.1 Å². The molecule has 2 bridgehead atoms. The molecule has 77 heavy (non-hydrogen) atoms. The fraction of sp³-hybridized carbons (Fsp3) is 0.704. The van der Waals surface area contributed by atoms with E-state index in [1.165, 1.54) is 13.0 Å². The molecule has 0 aromatic heterocycles. The van der Waals surface area contributed by atoms with Gasteiger partial charge in [0.25, 0.3) is 0 Å². The number of hydrogen-bond donors (Lipinski definition) is 15. The van der Waals surface area contributed by atoms with Gasteiger partial charge in [0, 0.05) is 37.5 Å². The van der Waals surface area contributed by atoms with E-state index in [2.05, 4.69) is 5.32 Å². The predicted octanol–water partition coefficient (Wildman–Crippen LogP) is -1.77. The first-order valence-electron chi connectivity index (χ1n) is 26.2. The Balaban J connectivity index is 1.61. The molecule has 0 radical (unpaired) electrons. The Morgan fingerprint density at radius 1 is 0.649 bits per heavy atom. The van der Waals surface area contributed by atoms with Gasteiger partial charge < -0.3 is 105 Å². The minimum absolute atomic E-state index is 0.132. The summed E-state index contributed by atoms with van der Waals surface area (Å²) in [6, 6.07) is -1.34. The zero-order valence-corrected chi connectivity index (χ0v) is 44.3. The largest absolute Gasteiger partial charge is 0.469 e. The highest BCUT2D eigenvalue weighted by Gasteiger charge is 2.53. The lowest BCUT2D eigenvalue weighted by Gasteiger charge is -2.46. The Kier molecular flexibility index (Phi) is 26.8. The Bertz CT molecular complexity index is 2020. The van der Waals surface area contributed by atoms with Gasteiger partial charge in [0.15, 0.2) is 12.1 Å². The average molecular weight is 1100 g/mol. The first kappa shape index (κ1) is 65.9. The van der Waals surface area contributed by atoms with E-state index in [-0.39, 0.29) is 31.6 Å². The van der Waals surface area contributed by atoms with Crippen molar-refractivity contribution in [2.75, 3.05) is 20.3 Å². The van der Waals surface area contributed by atoms with E-state index in [9.17, 15) is 81.1 Å². The summed E-state index contributed by atoms with van der Waals surface area (Å²) in [6.45, 7) is 5.44. The van der Waals surface area contributed by atoms with E-state index in [0.29, 0.717) is 0 Å². The van der Waals surface area contributed by atoms with Gasteiger partial charge in [-0.05, 0) is 33.1 Å². The summed E-state index contributed by atoms with van der Waals surface area (Å²) >= 11 is 0. The maximum Gasteiger partial charge on any atom is 0.313 e. The summed E-state index contributed by atoms with van der Waals surface area (Å²) in [5.74, 6) is -8.74. The topological polar surface area (TPSA) is 385 Å². The third kappa shape index (κ3) is 20.1. The second kappa shape index (κ2) is 31.4. The lowest BCUT2D eigenvalue weighted by Crippen LogP contribution is -2.69. The second-order valence-corrected chi connectivity index (χ2v) is 20.7. The van der Waals surface area contributed by atoms with Crippen LogP contribution < -0.4 is 5.32 Å². The number of carbonyl (C=O) groups is 2. The Hall–Kier alpha value is -3.64. The molecule has 23 atom stereocenters. The third-order valence-electron chi connectivity index (χ3n) is 14.4. The van der Waals surface area contributed by atoms with Crippen molar-refractivity contribution in [2.45, 2.75) is 201 Å². The van der Waals surface area contributed by atoms with Gasteiger partial charge in [-0.3, -0.25) is 9.59 Å². The Morgan fingerprint density at radius 2 is 1.25 bits per heavy atom. The van der Waals surface area contributed by atoms with Crippen LogP contribution in [0, 0.1) is 17.8 Å². The number of hydrogen-bond acceptors (Lipinski definition) is 23. The molecule has 0 aliphatic carbocycles. The molecule has 0 amide bonds. The lowest BCUT2D eigenvalue weighted by atomic mass is 9.82. The molecule has 4 aliphatic rings. The molecular weight excluding hydrogens is 1010 g/mol. The number of aliphatic hydroxyl groups is 14. The van der Waals surface area contributed by atoms with E-state index >= 15 is 0 Å². The van der Waals surface area contributed by atoms with Crippen molar-refractivity contribution in [1.82, 2.24) is 5.32 Å². The minimum atomic E-state index is -2.46. The molecule has 4 rings (SSSR count). The smallest absolute Gasteiger partial charge is 0.313 e. The number of allylic oxidation sites excluding steroid dienone is 12. The maximum atomic E-state index is 13.3. The number of nitrogens with one attached hydrogen (secondary N) is 1. The summed E-state index contributed by atoms with van der Waals surface area (Å²) in [6.07, 6.45) is -3.40. The SMILES string of the molecule is COC(=O)C1C2C[C@@H](OC3O[C@H](C)[C@@H](O)[C@H](NC[C@@]4(O)OC[C@@H](O)[C@H](O)[C@@H]4O)[C@@H]3O)/C=C/C=C/C=C/C=C/C=C/C=C/C=C/[C@H](C)[C@@H](O)C(C)[C@H](C)OC(=O)C[C@H](O)C[C@H](O)CC[C@@H](O)[C@H](O)C[C@H](O)C[C@](O)(C[C@@H]1O)O2. The zero-order chi connectivity index (χ0) is 57.2. The van der Waals surface area contributed by atoms with Crippen molar-refractivity contribution in [1.29, 1.82) is 0 Å². The third-order valence-corrected chi connectivity index (χ3v) is 14.4. The van der Waals surface area contributed by atoms with Crippen LogP contribution in [0.25, 0.3) is 0 Å². The van der Waals surface area contributed by atoms with Gasteiger partial charge in [0.05, 0.1) is 99.9 Å². The van der Waals surface area contributed by atoms with Crippen molar-refractivity contribution < 1.29 is 110 Å². The summed E-state index contributed by atoms with van der Waals surface area (Å²) in [4.78, 5) is 26.0. The number of aliphatic hydroxyl groups excluding tert-OH is 12. The standard InChI is InChI=1S/C54H85NO22/c1-30-18-16-14-12-10-8-6-7-9-11-13-15-17-19-37(76-52-49(67)45(47(65)33(4)75-52)55-29-54(71)50(68)48(66)41(62)28-73-54)25-42-44(51(69)72-5)40(61)27-53(70,77-42)26-36(58)23-39(60)38(59)21-20-34(56)22-35(57)24-43(63)74-32(3)31(2)46(30)64/h6-19,30-42,44-50,52,55-62,64-68,70-71H,20-29H2,1-5H3/b7-6+,10-8+,11-9+,14-12+,15-13+,18-16+,19-17+/t30-,31?,32-,33+,34+,35+,36-,37-,38+,39+,40-,41+,42?,44?,45-,46+,47+,48-,49-,50-,52?,53+,54+/m0/s1. The number of esters is 2. The van der Waals surface area contributed by atoms with Crippen LogP contribution in [0.1, 0.15) is 79.1 Å². The van der Waals surface area contributed by atoms with Gasteiger partial charge in [-0.1, -0.05) is 98.9 Å². The van der Waals surface area contributed by atoms with E-state index in [0.717, 1.165) is 7.11 Å². The van der Waals surface area contributed by atoms with Crippen LogP contribution >= 0.6 is 0 Å². The van der Waals surface area contributed by atoms with Crippen LogP contribution in [0.5, 0.6) is 0 Å². The molecule has 0 spiro atoms. The van der Waals surface area contributed by atoms with E-state index in [1.807, 2.05) is 13.0 Å². The van der Waals surface area contributed by atoms with Crippen molar-refractivity contribution in [2.24, 2.45) is 17.8 Å². The first-order valence-corrected chi connectivity index (χ1v) is 26.2. The summed E-state index contributed by atoms with van der Waals surface area (Å²) in [5.41, 5.74) is 0. The molecule has 3 saturated heterocycles. The fourth-order valence-corrected chi connectivity index (χ4v) is 9.61. The molecule has 15 N–H and O–H groups in total. The van der Waals surface area contributed by atoms with E-state index < -0.39 is 184 Å². The van der Waals surface area contributed by atoms with Crippen LogP contribution in [0.4, 0.5) is 0 Å². The molecule has 4 heterocycles. The molecule has 0 saturated carbocycles. The molecule has 438 valence electrons. The number of ether oxygens (including phenoxy) is 6. The minimum Gasteiger partial charge on any atom is -0.469 e. The van der Waals surface area contributed by atoms with Gasteiger partial charge in [-0.15, -0.1) is 0 Å². The average Bonchev–Trinajstić information content (AvgIpc) is 3.36. The van der Waals surface area contributed by atoms with Crippen molar-refractivity contribution in [3.8, 4) is 0 Å². The zero-order valence-electron chi connectivity index (χ0n) is 44.3. The van der Waals surface area contributed by atoms with Crippen LogP contribution in [-0.4, -0.2) is 225 Å². The van der Waals surface area contributed by atoms with Crippen molar-refractivity contribution >= 4 is 11.9 Å². The van der Waals surface area contributed by atoms with Crippen molar-refractivity contribution in [3.63, 3.8) is 0 Å². The highest BCUT2D eigenvalue weighted by atomic mass is 16.7. The quantitative estimate of drug-likeness (QED) is 0.131. The van der Waals surface area contributed by atoms with E-state index in [1.54, 1.807) is 86.8 Å². The lowest BCUT2D eigenvalue weighted by molar-refractivity contribution is -0.323. The van der Waals surface area contributed by atoms with Crippen LogP contribution in [0.3, 0.4) is 0 Å². The molecule has 3 fully saturated rings. The van der Waals surface area contributed by atoms with Gasteiger partial charge in [-0.2, -0.15) is 0 Å². The highest BCUT2D eigenvalue weighted by Crippen LogP contribution is 2.39. The van der Waals surface area contributed by atoms with Crippen LogP contribution in [0.2, 0.25) is 0 Å². The van der Waals surface area contributed by atoms with Crippen LogP contribution in [-0.2, 0) is 38.0 Å². The maximum absolute atomic E-state index is 13.3. The summed E-state index contributed by atoms with van der Waals surface area (Å²) in [7, 11) is 1.08. The van der Waals surface area contributed by atoms with Gasteiger partial charge in [-0.25, -0.2) is 0 Å². The summed E-state index contributed by atoms with van der Waals surface area (Å²) in [5, 5.41) is 155. The molecule has 0 aromatic carbocycles. The molecule has 23 nitrogen and oxygen atoms in total. The van der Waals surface area contributed by atoms with Crippen LogP contribution in [0.15, 0.2) is 85.1 Å². The van der Waals surface area contributed by atoms with Gasteiger partial charge in [0.2, 0.25) is 5.79 Å². The Morgan fingerprint density at radius 3 is 1.86 bits per heavy atom. The van der Waals surface area contributed by atoms with Gasteiger partial charge >= 0.3 is 11.9 Å². The first-order chi connectivity index (χ1) is 36.3. The normalized spacial score (nSPS) is 46.3. The molecule has 23 heteroatoms. The predicted molar refractivity (Wildman–Crippen MR) is 274 cm³/mol. The molecule has 0 aromatic rings. The molecule has 4 unspecified atom stereocenters. The molecular formula is C54H85NO22. The Labute approximate surface area is 449 Å². The monoisotopic (exact) mass is 1100 g/mol. The van der Waals surface area contributed by atoms with Gasteiger partial charge in [0.1, 0.15) is 36.4 Å². The highest BCUT2D eigenvalue weighted by molar-refractivity contribution is 5.74. The number of fused-ring (bicyclic) bond motifs is 2. The number of methoxy groups -OCH3 is 1. The fourth-order valence-electron chi connectivity index (χ4n) is 9.61. The molecule has 4 aliphatic heterocycles. The number of cyclic esters (lactones) is 1. The van der Waals surface area contributed by atoms with E-state index in [4.69, 9.17) is 28.4 Å². The summed E-state index contributed by atoms with van der Waals surface area (Å²) < 4.78 is 34.0.